The predicted molar refractivity (Wildman–Crippen MR) is 137 cm³/mol. The van der Waals surface area contributed by atoms with Crippen molar-refractivity contribution in [3.05, 3.63) is 35.9 Å². The summed E-state index contributed by atoms with van der Waals surface area (Å²) in [6.07, 6.45) is 1.17. The number of carbonyl (C=O) groups excluding carboxylic acids is 5. The molecule has 37 heavy (non-hydrogen) atoms. The molecule has 14 heteroatoms. The molecule has 0 aliphatic carbocycles. The molecule has 0 aliphatic heterocycles. The number of nitrogens with two attached hydrogens (primary N) is 3. The predicted octanol–water partition coefficient (Wildman–Crippen LogP) is -2.01. The van der Waals surface area contributed by atoms with Gasteiger partial charge in [-0.2, -0.15) is 11.8 Å². The number of carboxylic acid groups (broad SMARTS) is 1. The van der Waals surface area contributed by atoms with Crippen molar-refractivity contribution in [3.8, 4) is 0 Å². The molecular formula is C23H34N6O7S. The van der Waals surface area contributed by atoms with E-state index in [0.717, 1.165) is 0 Å². The smallest absolute Gasteiger partial charge is 0.326 e. The van der Waals surface area contributed by atoms with Crippen LogP contribution in [0, 0.1) is 0 Å². The highest BCUT2D eigenvalue weighted by molar-refractivity contribution is 7.98. The van der Waals surface area contributed by atoms with Crippen LogP contribution in [0.3, 0.4) is 0 Å². The van der Waals surface area contributed by atoms with E-state index in [4.69, 9.17) is 17.2 Å². The number of benzene rings is 1. The molecule has 0 heterocycles. The van der Waals surface area contributed by atoms with Gasteiger partial charge in [0.25, 0.3) is 0 Å². The van der Waals surface area contributed by atoms with Gasteiger partial charge in [0, 0.05) is 12.8 Å². The zero-order valence-electron chi connectivity index (χ0n) is 20.5. The summed E-state index contributed by atoms with van der Waals surface area (Å²) in [5, 5.41) is 16.7. The Morgan fingerprint density at radius 1 is 0.838 bits per heavy atom. The maximum Gasteiger partial charge on any atom is 0.326 e. The second-order valence-electron chi connectivity index (χ2n) is 8.27. The minimum atomic E-state index is -1.49. The van der Waals surface area contributed by atoms with Crippen LogP contribution in [0.4, 0.5) is 0 Å². The SMILES string of the molecule is CSCCC(NC(=O)C(N)CCC(N)=O)C(=O)NC(CC(N)=O)C(=O)NC(Cc1ccccc1)C(=O)O. The van der Waals surface area contributed by atoms with Gasteiger partial charge in [-0.1, -0.05) is 30.3 Å². The van der Waals surface area contributed by atoms with Gasteiger partial charge in [-0.3, -0.25) is 24.0 Å². The average molecular weight is 539 g/mol. The van der Waals surface area contributed by atoms with E-state index < -0.39 is 66.1 Å². The Kier molecular flexibility index (Phi) is 13.7. The summed E-state index contributed by atoms with van der Waals surface area (Å²) in [6.45, 7) is 0. The van der Waals surface area contributed by atoms with E-state index in [1.54, 1.807) is 36.6 Å². The van der Waals surface area contributed by atoms with Crippen molar-refractivity contribution in [3.63, 3.8) is 0 Å². The van der Waals surface area contributed by atoms with Crippen LogP contribution in [0.5, 0.6) is 0 Å². The minimum absolute atomic E-state index is 0.0251. The van der Waals surface area contributed by atoms with Crippen LogP contribution >= 0.6 is 11.8 Å². The monoisotopic (exact) mass is 538 g/mol. The Hall–Kier alpha value is -3.65. The molecule has 0 aliphatic rings. The van der Waals surface area contributed by atoms with Crippen molar-refractivity contribution < 1.29 is 33.9 Å². The van der Waals surface area contributed by atoms with E-state index in [1.165, 1.54) is 11.8 Å². The van der Waals surface area contributed by atoms with Crippen molar-refractivity contribution in [2.45, 2.75) is 56.3 Å². The molecule has 0 aromatic heterocycles. The lowest BCUT2D eigenvalue weighted by atomic mass is 10.0. The Morgan fingerprint density at radius 2 is 1.41 bits per heavy atom. The van der Waals surface area contributed by atoms with E-state index >= 15 is 0 Å². The number of primary amides is 2. The number of thioether (sulfide) groups is 1. The summed E-state index contributed by atoms with van der Waals surface area (Å²) in [5.41, 5.74) is 16.7. The van der Waals surface area contributed by atoms with Crippen LogP contribution in [0.15, 0.2) is 30.3 Å². The average Bonchev–Trinajstić information content (AvgIpc) is 2.84. The van der Waals surface area contributed by atoms with Gasteiger partial charge >= 0.3 is 5.97 Å². The molecule has 0 fully saturated rings. The van der Waals surface area contributed by atoms with Gasteiger partial charge in [0.15, 0.2) is 0 Å². The lowest BCUT2D eigenvalue weighted by Gasteiger charge is -2.24. The molecule has 0 spiro atoms. The third-order valence-corrected chi connectivity index (χ3v) is 5.86. The summed E-state index contributed by atoms with van der Waals surface area (Å²) in [6, 6.07) is 3.53. The molecule has 13 nitrogen and oxygen atoms in total. The Bertz CT molecular complexity index is 962. The van der Waals surface area contributed by atoms with Gasteiger partial charge < -0.3 is 38.3 Å². The molecule has 4 atom stereocenters. The van der Waals surface area contributed by atoms with Crippen molar-refractivity contribution in [2.75, 3.05) is 12.0 Å². The van der Waals surface area contributed by atoms with Crippen molar-refractivity contribution >= 4 is 47.3 Å². The van der Waals surface area contributed by atoms with Crippen LogP contribution in [-0.2, 0) is 35.2 Å². The molecule has 0 saturated carbocycles. The number of nitrogens with one attached hydrogen (secondary N) is 3. The van der Waals surface area contributed by atoms with Crippen LogP contribution in [0.2, 0.25) is 0 Å². The molecule has 4 unspecified atom stereocenters. The lowest BCUT2D eigenvalue weighted by Crippen LogP contribution is -2.58. The standard InChI is InChI=1S/C23H34N6O7S/c1-37-10-9-15(27-20(32)14(24)7-8-18(25)30)21(33)28-16(12-19(26)31)22(34)29-17(23(35)36)11-13-5-3-2-4-6-13/h2-6,14-17H,7-12,24H2,1H3,(H2,25,30)(H2,26,31)(H,27,32)(H,28,33)(H,29,34)(H,35,36). The zero-order valence-corrected chi connectivity index (χ0v) is 21.3. The van der Waals surface area contributed by atoms with Crippen molar-refractivity contribution in [1.29, 1.82) is 0 Å². The number of rotatable bonds is 17. The number of aliphatic carboxylic acids is 1. The number of hydrogen-bond acceptors (Lipinski definition) is 8. The molecule has 1 aromatic carbocycles. The first-order valence-corrected chi connectivity index (χ1v) is 12.8. The van der Waals surface area contributed by atoms with Gasteiger partial charge in [0.2, 0.25) is 29.5 Å². The summed E-state index contributed by atoms with van der Waals surface area (Å²) in [5.74, 6) is -4.81. The van der Waals surface area contributed by atoms with Gasteiger partial charge in [-0.25, -0.2) is 4.79 Å². The summed E-state index contributed by atoms with van der Waals surface area (Å²) < 4.78 is 0. The highest BCUT2D eigenvalue weighted by Crippen LogP contribution is 2.07. The first kappa shape index (κ1) is 31.4. The van der Waals surface area contributed by atoms with E-state index in [0.29, 0.717) is 11.3 Å². The number of carbonyl (C=O) groups is 6. The quantitative estimate of drug-likeness (QED) is 0.116. The first-order chi connectivity index (χ1) is 17.4. The van der Waals surface area contributed by atoms with E-state index in [2.05, 4.69) is 16.0 Å². The molecule has 0 radical (unpaired) electrons. The molecule has 0 bridgehead atoms. The van der Waals surface area contributed by atoms with E-state index in [1.807, 2.05) is 0 Å². The fourth-order valence-corrected chi connectivity index (χ4v) is 3.69. The normalized spacial score (nSPS) is 13.9. The molecule has 1 aromatic rings. The van der Waals surface area contributed by atoms with Gasteiger partial charge in [0.05, 0.1) is 12.5 Å². The van der Waals surface area contributed by atoms with Gasteiger partial charge in [-0.05, 0) is 30.4 Å². The third kappa shape index (κ3) is 12.2. The van der Waals surface area contributed by atoms with E-state index in [9.17, 15) is 33.9 Å². The molecule has 5 amide bonds. The number of amides is 5. The fraction of sp³-hybridized carbons (Fsp3) is 0.478. The van der Waals surface area contributed by atoms with Gasteiger partial charge in [0.1, 0.15) is 18.1 Å². The van der Waals surface area contributed by atoms with Crippen LogP contribution in [0.1, 0.15) is 31.2 Å². The lowest BCUT2D eigenvalue weighted by molar-refractivity contribution is -0.142. The van der Waals surface area contributed by atoms with Crippen LogP contribution < -0.4 is 33.2 Å². The number of carboxylic acids is 1. The Morgan fingerprint density at radius 3 is 1.95 bits per heavy atom. The Balaban J connectivity index is 2.97. The molecular weight excluding hydrogens is 504 g/mol. The minimum Gasteiger partial charge on any atom is -0.480 e. The highest BCUT2D eigenvalue weighted by atomic mass is 32.2. The maximum atomic E-state index is 13.0. The first-order valence-electron chi connectivity index (χ1n) is 11.4. The van der Waals surface area contributed by atoms with Crippen molar-refractivity contribution in [1.82, 2.24) is 16.0 Å². The second-order valence-corrected chi connectivity index (χ2v) is 9.26. The summed E-state index contributed by atoms with van der Waals surface area (Å²) in [7, 11) is 0. The third-order valence-electron chi connectivity index (χ3n) is 5.22. The van der Waals surface area contributed by atoms with Crippen LogP contribution in [0.25, 0.3) is 0 Å². The largest absolute Gasteiger partial charge is 0.480 e. The molecule has 0 saturated heterocycles. The van der Waals surface area contributed by atoms with Crippen LogP contribution in [-0.4, -0.2) is 76.8 Å². The fourth-order valence-electron chi connectivity index (χ4n) is 3.22. The highest BCUT2D eigenvalue weighted by Gasteiger charge is 2.31. The summed E-state index contributed by atoms with van der Waals surface area (Å²) in [4.78, 5) is 72.6. The van der Waals surface area contributed by atoms with E-state index in [-0.39, 0.29) is 25.7 Å². The number of hydrogen-bond donors (Lipinski definition) is 7. The molecule has 204 valence electrons. The van der Waals surface area contributed by atoms with Crippen molar-refractivity contribution in [2.24, 2.45) is 17.2 Å². The molecule has 1 rings (SSSR count). The second kappa shape index (κ2) is 16.2. The van der Waals surface area contributed by atoms with Gasteiger partial charge in [-0.15, -0.1) is 0 Å². The Labute approximate surface area is 218 Å². The maximum absolute atomic E-state index is 13.0. The topological polar surface area (TPSA) is 237 Å². The molecule has 10 N–H and O–H groups in total. The summed E-state index contributed by atoms with van der Waals surface area (Å²) >= 11 is 1.40. The zero-order chi connectivity index (χ0) is 28.0.